The number of benzene rings is 1. The van der Waals surface area contributed by atoms with Crippen LogP contribution in [0.4, 0.5) is 5.69 Å². The fourth-order valence-electron chi connectivity index (χ4n) is 1.69. The van der Waals surface area contributed by atoms with Crippen molar-refractivity contribution >= 4 is 15.7 Å². The third-order valence-corrected chi connectivity index (χ3v) is 4.86. The van der Waals surface area contributed by atoms with E-state index >= 15 is 0 Å². The molecule has 1 aromatic rings. The second-order valence-electron chi connectivity index (χ2n) is 4.73. The lowest BCUT2D eigenvalue weighted by atomic mass is 10.1. The normalized spacial score (nSPS) is 13.4. The molecule has 1 unspecified atom stereocenters. The highest BCUT2D eigenvalue weighted by Gasteiger charge is 2.23. The van der Waals surface area contributed by atoms with E-state index in [0.717, 1.165) is 10.4 Å². The second-order valence-corrected chi connectivity index (χ2v) is 6.88. The molecular formula is C12H19N3O4S. The van der Waals surface area contributed by atoms with E-state index in [-0.39, 0.29) is 16.6 Å². The molecule has 0 saturated carbocycles. The fraction of sp³-hybridized carbons (Fsp3) is 0.500. The lowest BCUT2D eigenvalue weighted by molar-refractivity contribution is -0.385. The Labute approximate surface area is 118 Å². The first-order valence-electron chi connectivity index (χ1n) is 6.07. The minimum atomic E-state index is -3.67. The van der Waals surface area contributed by atoms with Crippen molar-refractivity contribution in [2.24, 2.45) is 0 Å². The van der Waals surface area contributed by atoms with Crippen LogP contribution in [0.1, 0.15) is 12.5 Å². The molecular weight excluding hydrogens is 282 g/mol. The summed E-state index contributed by atoms with van der Waals surface area (Å²) in [5.74, 6) is 0. The number of nitrogens with one attached hydrogen (secondary N) is 1. The Morgan fingerprint density at radius 3 is 2.45 bits per heavy atom. The fourth-order valence-corrected chi connectivity index (χ4v) is 2.61. The van der Waals surface area contributed by atoms with Gasteiger partial charge in [0.15, 0.2) is 0 Å². The molecule has 0 aliphatic heterocycles. The maximum atomic E-state index is 12.0. The van der Waals surface area contributed by atoms with Crippen molar-refractivity contribution in [2.45, 2.75) is 24.3 Å². The van der Waals surface area contributed by atoms with Gasteiger partial charge in [-0.25, -0.2) is 12.7 Å². The first-order valence-corrected chi connectivity index (χ1v) is 7.51. The summed E-state index contributed by atoms with van der Waals surface area (Å²) in [7, 11) is 0.869. The highest BCUT2D eigenvalue weighted by molar-refractivity contribution is 7.89. The molecule has 0 aromatic heterocycles. The summed E-state index contributed by atoms with van der Waals surface area (Å²) in [6.07, 6.45) is 0.453. The van der Waals surface area contributed by atoms with Gasteiger partial charge in [-0.2, -0.15) is 0 Å². The molecule has 0 aliphatic carbocycles. The van der Waals surface area contributed by atoms with Crippen molar-refractivity contribution in [3.05, 3.63) is 33.9 Å². The molecule has 0 bridgehead atoms. The Morgan fingerprint density at radius 2 is 2.00 bits per heavy atom. The summed E-state index contributed by atoms with van der Waals surface area (Å²) in [5.41, 5.74) is 0.338. The lowest BCUT2D eigenvalue weighted by Gasteiger charge is -2.13. The molecule has 0 fully saturated rings. The smallest absolute Gasteiger partial charge is 0.273 e. The zero-order chi connectivity index (χ0) is 15.5. The van der Waals surface area contributed by atoms with Gasteiger partial charge in [0.25, 0.3) is 5.69 Å². The topological polar surface area (TPSA) is 92.6 Å². The summed E-state index contributed by atoms with van der Waals surface area (Å²) in [6.45, 7) is 1.90. The van der Waals surface area contributed by atoms with Crippen LogP contribution < -0.4 is 5.32 Å². The second kappa shape index (κ2) is 6.29. The van der Waals surface area contributed by atoms with Crippen molar-refractivity contribution in [3.8, 4) is 0 Å². The van der Waals surface area contributed by atoms with Crippen molar-refractivity contribution in [3.63, 3.8) is 0 Å². The third-order valence-electron chi connectivity index (χ3n) is 3.05. The van der Waals surface area contributed by atoms with E-state index in [9.17, 15) is 18.5 Å². The molecule has 112 valence electrons. The molecule has 1 rings (SSSR count). The number of hydrogen-bond donors (Lipinski definition) is 1. The van der Waals surface area contributed by atoms with Gasteiger partial charge < -0.3 is 5.32 Å². The summed E-state index contributed by atoms with van der Waals surface area (Å²) < 4.78 is 25.0. The Balaban J connectivity index is 3.31. The van der Waals surface area contributed by atoms with Crippen LogP contribution in [0.3, 0.4) is 0 Å². The largest absolute Gasteiger partial charge is 0.317 e. The van der Waals surface area contributed by atoms with Gasteiger partial charge >= 0.3 is 0 Å². The highest BCUT2D eigenvalue weighted by atomic mass is 32.2. The summed E-state index contributed by atoms with van der Waals surface area (Å²) in [5, 5.41) is 14.1. The molecule has 8 heteroatoms. The molecule has 20 heavy (non-hydrogen) atoms. The van der Waals surface area contributed by atoms with Crippen molar-refractivity contribution in [1.82, 2.24) is 9.62 Å². The first kappa shape index (κ1) is 16.5. The van der Waals surface area contributed by atoms with E-state index in [1.165, 1.54) is 26.2 Å². The molecule has 1 aromatic carbocycles. The van der Waals surface area contributed by atoms with Gasteiger partial charge in [0.1, 0.15) is 0 Å². The number of sulfonamides is 1. The SMILES string of the molecule is CNC(C)Cc1ccc(S(=O)(=O)N(C)C)cc1[N+](=O)[O-]. The summed E-state index contributed by atoms with van der Waals surface area (Å²) in [6, 6.07) is 4.08. The molecule has 0 heterocycles. The third kappa shape index (κ3) is 3.53. The van der Waals surface area contributed by atoms with Crippen LogP contribution in [0.15, 0.2) is 23.1 Å². The number of hydrogen-bond acceptors (Lipinski definition) is 5. The van der Waals surface area contributed by atoms with E-state index in [2.05, 4.69) is 5.32 Å². The minimum Gasteiger partial charge on any atom is -0.317 e. The molecule has 0 aliphatic rings. The van der Waals surface area contributed by atoms with E-state index in [0.29, 0.717) is 12.0 Å². The molecule has 0 radical (unpaired) electrons. The van der Waals surface area contributed by atoms with Crippen LogP contribution in [-0.4, -0.2) is 44.8 Å². The van der Waals surface area contributed by atoms with Gasteiger partial charge in [-0.05, 0) is 26.5 Å². The van der Waals surface area contributed by atoms with Gasteiger partial charge in [-0.15, -0.1) is 0 Å². The monoisotopic (exact) mass is 301 g/mol. The molecule has 7 nitrogen and oxygen atoms in total. The standard InChI is InChI=1S/C12H19N3O4S/c1-9(13-2)7-10-5-6-11(8-12(10)15(16)17)20(18,19)14(3)4/h5-6,8-9,13H,7H2,1-4H3. The maximum absolute atomic E-state index is 12.0. The van der Waals surface area contributed by atoms with Crippen molar-refractivity contribution < 1.29 is 13.3 Å². The molecule has 0 spiro atoms. The van der Waals surface area contributed by atoms with Gasteiger partial charge in [-0.3, -0.25) is 10.1 Å². The number of nitro benzene ring substituents is 1. The van der Waals surface area contributed by atoms with Gasteiger partial charge in [-0.1, -0.05) is 6.07 Å². The Bertz CT molecular complexity index is 599. The van der Waals surface area contributed by atoms with Gasteiger partial charge in [0.05, 0.1) is 9.82 Å². The predicted molar refractivity (Wildman–Crippen MR) is 76.2 cm³/mol. The predicted octanol–water partition coefficient (Wildman–Crippen LogP) is 0.996. The molecule has 0 amide bonds. The zero-order valence-electron chi connectivity index (χ0n) is 12.0. The minimum absolute atomic E-state index is 0.0602. The molecule has 1 atom stereocenters. The quantitative estimate of drug-likeness (QED) is 0.625. The Hall–Kier alpha value is -1.51. The van der Waals surface area contributed by atoms with Crippen molar-refractivity contribution in [1.29, 1.82) is 0 Å². The zero-order valence-corrected chi connectivity index (χ0v) is 12.8. The Morgan fingerprint density at radius 1 is 1.40 bits per heavy atom. The van der Waals surface area contributed by atoms with E-state index in [1.807, 2.05) is 6.92 Å². The first-order chi connectivity index (χ1) is 9.20. The Kier molecular flexibility index (Phi) is 5.21. The number of rotatable bonds is 6. The van der Waals surface area contributed by atoms with Crippen LogP contribution in [0.5, 0.6) is 0 Å². The van der Waals surface area contributed by atoms with Crippen LogP contribution >= 0.6 is 0 Å². The summed E-state index contributed by atoms with van der Waals surface area (Å²) >= 11 is 0. The number of nitro groups is 1. The average molecular weight is 301 g/mol. The average Bonchev–Trinajstić information content (AvgIpc) is 2.38. The van der Waals surface area contributed by atoms with Crippen molar-refractivity contribution in [2.75, 3.05) is 21.1 Å². The highest BCUT2D eigenvalue weighted by Crippen LogP contribution is 2.25. The number of likely N-dealkylation sites (N-methyl/N-ethyl adjacent to an activating group) is 1. The number of nitrogens with zero attached hydrogens (tertiary/aromatic N) is 2. The maximum Gasteiger partial charge on any atom is 0.273 e. The van der Waals surface area contributed by atoms with E-state index < -0.39 is 14.9 Å². The van der Waals surface area contributed by atoms with E-state index in [4.69, 9.17) is 0 Å². The van der Waals surface area contributed by atoms with Gasteiger partial charge in [0.2, 0.25) is 10.0 Å². The van der Waals surface area contributed by atoms with Crippen LogP contribution in [0.25, 0.3) is 0 Å². The summed E-state index contributed by atoms with van der Waals surface area (Å²) in [4.78, 5) is 10.5. The van der Waals surface area contributed by atoms with Crippen LogP contribution in [-0.2, 0) is 16.4 Å². The lowest BCUT2D eigenvalue weighted by Crippen LogP contribution is -2.24. The van der Waals surface area contributed by atoms with Gasteiger partial charge in [0, 0.05) is 31.8 Å². The molecule has 0 saturated heterocycles. The van der Waals surface area contributed by atoms with Crippen LogP contribution in [0.2, 0.25) is 0 Å². The van der Waals surface area contributed by atoms with Crippen LogP contribution in [0, 0.1) is 10.1 Å². The van der Waals surface area contributed by atoms with E-state index in [1.54, 1.807) is 7.05 Å². The molecule has 1 N–H and O–H groups in total.